The molecule has 4 nitrogen and oxygen atoms in total. The van der Waals surface area contributed by atoms with Crippen LogP contribution in [0.1, 0.15) is 34.5 Å². The fraction of sp³-hybridized carbons (Fsp3) is 0.474. The first kappa shape index (κ1) is 14.6. The highest BCUT2D eigenvalue weighted by molar-refractivity contribution is 5.98. The molecule has 1 amide bonds. The molecule has 0 atom stereocenters. The Bertz CT molecular complexity index is 759. The molecule has 1 aromatic heterocycles. The van der Waals surface area contributed by atoms with Crippen molar-refractivity contribution in [3.8, 4) is 0 Å². The standard InChI is InChI=1S/C19H23N3O/c1-13-3-6-18-15(11-13)12-17(14(2)20-18)19(23)22-9-7-21(8-10-22)16-4-5-16/h3,6,11-12,16H,4-5,7-10H2,1-2H3. The molecule has 4 heteroatoms. The van der Waals surface area contributed by atoms with Crippen molar-refractivity contribution >= 4 is 16.8 Å². The Morgan fingerprint density at radius 2 is 1.83 bits per heavy atom. The predicted molar refractivity (Wildman–Crippen MR) is 91.7 cm³/mol. The van der Waals surface area contributed by atoms with E-state index >= 15 is 0 Å². The number of carbonyl (C=O) groups excluding carboxylic acids is 1. The van der Waals surface area contributed by atoms with Gasteiger partial charge < -0.3 is 4.90 Å². The number of amides is 1. The molecule has 0 bridgehead atoms. The molecule has 2 fully saturated rings. The van der Waals surface area contributed by atoms with Crippen LogP contribution in [0, 0.1) is 13.8 Å². The van der Waals surface area contributed by atoms with Crippen LogP contribution in [0.4, 0.5) is 0 Å². The minimum absolute atomic E-state index is 0.133. The lowest BCUT2D eigenvalue weighted by molar-refractivity contribution is 0.0626. The summed E-state index contributed by atoms with van der Waals surface area (Å²) in [6, 6.07) is 9.00. The normalized spacial score (nSPS) is 19.3. The zero-order chi connectivity index (χ0) is 16.0. The first-order chi connectivity index (χ1) is 11.1. The van der Waals surface area contributed by atoms with Crippen LogP contribution in [0.3, 0.4) is 0 Å². The van der Waals surface area contributed by atoms with Gasteiger partial charge in [0, 0.05) is 37.6 Å². The third kappa shape index (κ3) is 2.83. The van der Waals surface area contributed by atoms with E-state index in [0.29, 0.717) is 0 Å². The molecular formula is C19H23N3O. The fourth-order valence-corrected chi connectivity index (χ4v) is 3.51. The van der Waals surface area contributed by atoms with Gasteiger partial charge in [0.05, 0.1) is 16.8 Å². The third-order valence-electron chi connectivity index (χ3n) is 5.06. The Morgan fingerprint density at radius 1 is 1.09 bits per heavy atom. The van der Waals surface area contributed by atoms with E-state index in [9.17, 15) is 4.79 Å². The van der Waals surface area contributed by atoms with Gasteiger partial charge >= 0.3 is 0 Å². The highest BCUT2D eigenvalue weighted by Gasteiger charge is 2.32. The lowest BCUT2D eigenvalue weighted by Gasteiger charge is -2.35. The van der Waals surface area contributed by atoms with Crippen molar-refractivity contribution in [2.75, 3.05) is 26.2 Å². The molecule has 1 aliphatic heterocycles. The second-order valence-electron chi connectivity index (χ2n) is 6.88. The molecule has 2 aromatic rings. The van der Waals surface area contributed by atoms with E-state index in [1.165, 1.54) is 18.4 Å². The zero-order valence-corrected chi connectivity index (χ0v) is 13.9. The molecule has 0 spiro atoms. The average molecular weight is 309 g/mol. The van der Waals surface area contributed by atoms with Crippen LogP contribution >= 0.6 is 0 Å². The van der Waals surface area contributed by atoms with E-state index in [2.05, 4.69) is 28.9 Å². The molecule has 1 aliphatic carbocycles. The largest absolute Gasteiger partial charge is 0.336 e. The van der Waals surface area contributed by atoms with Crippen LogP contribution in [0.25, 0.3) is 10.9 Å². The van der Waals surface area contributed by atoms with E-state index in [0.717, 1.165) is 54.4 Å². The highest BCUT2D eigenvalue weighted by Crippen LogP contribution is 2.28. The second kappa shape index (κ2) is 5.60. The van der Waals surface area contributed by atoms with Crippen molar-refractivity contribution in [2.24, 2.45) is 0 Å². The van der Waals surface area contributed by atoms with Gasteiger partial charge in [-0.3, -0.25) is 14.7 Å². The summed E-state index contributed by atoms with van der Waals surface area (Å²) < 4.78 is 0. The summed E-state index contributed by atoms with van der Waals surface area (Å²) in [4.78, 5) is 22.1. The summed E-state index contributed by atoms with van der Waals surface area (Å²) in [5, 5.41) is 1.05. The predicted octanol–water partition coefficient (Wildman–Crippen LogP) is 2.77. The molecule has 4 rings (SSSR count). The molecule has 0 radical (unpaired) electrons. The first-order valence-corrected chi connectivity index (χ1v) is 8.53. The summed E-state index contributed by atoms with van der Waals surface area (Å²) in [6.45, 7) is 7.69. The van der Waals surface area contributed by atoms with E-state index in [-0.39, 0.29) is 5.91 Å². The Labute approximate surface area is 137 Å². The minimum Gasteiger partial charge on any atom is -0.336 e. The Balaban J connectivity index is 1.57. The molecule has 1 aromatic carbocycles. The molecule has 0 N–H and O–H groups in total. The van der Waals surface area contributed by atoms with Crippen molar-refractivity contribution in [3.05, 3.63) is 41.1 Å². The maximum Gasteiger partial charge on any atom is 0.255 e. The maximum absolute atomic E-state index is 12.9. The smallest absolute Gasteiger partial charge is 0.255 e. The van der Waals surface area contributed by atoms with Gasteiger partial charge in [-0.15, -0.1) is 0 Å². The fourth-order valence-electron chi connectivity index (χ4n) is 3.51. The number of aromatic nitrogens is 1. The number of aryl methyl sites for hydroxylation is 2. The number of pyridine rings is 1. The maximum atomic E-state index is 12.9. The molecule has 120 valence electrons. The van der Waals surface area contributed by atoms with Gasteiger partial charge in [-0.1, -0.05) is 11.6 Å². The van der Waals surface area contributed by atoms with Crippen LogP contribution < -0.4 is 0 Å². The Kier molecular flexibility index (Phi) is 3.57. The molecule has 2 aliphatic rings. The van der Waals surface area contributed by atoms with Crippen molar-refractivity contribution < 1.29 is 4.79 Å². The second-order valence-corrected chi connectivity index (χ2v) is 6.88. The van der Waals surface area contributed by atoms with Gasteiger partial charge in [0.15, 0.2) is 0 Å². The monoisotopic (exact) mass is 309 g/mol. The van der Waals surface area contributed by atoms with Gasteiger partial charge in [-0.05, 0) is 44.9 Å². The number of benzene rings is 1. The quantitative estimate of drug-likeness (QED) is 0.856. The molecule has 1 saturated heterocycles. The first-order valence-electron chi connectivity index (χ1n) is 8.53. The summed E-state index contributed by atoms with van der Waals surface area (Å²) in [5.74, 6) is 0.133. The van der Waals surface area contributed by atoms with Crippen molar-refractivity contribution in [2.45, 2.75) is 32.7 Å². The van der Waals surface area contributed by atoms with E-state index in [4.69, 9.17) is 0 Å². The SMILES string of the molecule is Cc1ccc2nc(C)c(C(=O)N3CCN(C4CC4)CC3)cc2c1. The number of piperazine rings is 1. The third-order valence-corrected chi connectivity index (χ3v) is 5.06. The summed E-state index contributed by atoms with van der Waals surface area (Å²) >= 11 is 0. The van der Waals surface area contributed by atoms with Crippen LogP contribution in [-0.2, 0) is 0 Å². The number of nitrogens with zero attached hydrogens (tertiary/aromatic N) is 3. The van der Waals surface area contributed by atoms with Gasteiger partial charge in [0.2, 0.25) is 0 Å². The Morgan fingerprint density at radius 3 is 2.52 bits per heavy atom. The lowest BCUT2D eigenvalue weighted by Crippen LogP contribution is -2.49. The van der Waals surface area contributed by atoms with Crippen LogP contribution in [0.5, 0.6) is 0 Å². The van der Waals surface area contributed by atoms with Crippen molar-refractivity contribution in [1.82, 2.24) is 14.8 Å². The van der Waals surface area contributed by atoms with E-state index in [1.54, 1.807) is 0 Å². The molecule has 2 heterocycles. The number of carbonyl (C=O) groups is 1. The summed E-state index contributed by atoms with van der Waals surface area (Å²) in [5.41, 5.74) is 3.74. The number of hydrogen-bond acceptors (Lipinski definition) is 3. The number of rotatable bonds is 2. The summed E-state index contributed by atoms with van der Waals surface area (Å²) in [7, 11) is 0. The zero-order valence-electron chi connectivity index (χ0n) is 13.9. The van der Waals surface area contributed by atoms with Crippen molar-refractivity contribution in [1.29, 1.82) is 0 Å². The molecule has 0 unspecified atom stereocenters. The van der Waals surface area contributed by atoms with Gasteiger partial charge in [0.25, 0.3) is 5.91 Å². The molecule has 23 heavy (non-hydrogen) atoms. The molecule has 1 saturated carbocycles. The minimum atomic E-state index is 0.133. The van der Waals surface area contributed by atoms with Crippen LogP contribution in [-0.4, -0.2) is 52.9 Å². The van der Waals surface area contributed by atoms with Gasteiger partial charge in [0.1, 0.15) is 0 Å². The number of fused-ring (bicyclic) bond motifs is 1. The topological polar surface area (TPSA) is 36.4 Å². The van der Waals surface area contributed by atoms with Gasteiger partial charge in [-0.25, -0.2) is 0 Å². The lowest BCUT2D eigenvalue weighted by atomic mass is 10.1. The summed E-state index contributed by atoms with van der Waals surface area (Å²) in [6.07, 6.45) is 2.67. The van der Waals surface area contributed by atoms with Gasteiger partial charge in [-0.2, -0.15) is 0 Å². The van der Waals surface area contributed by atoms with Crippen LogP contribution in [0.2, 0.25) is 0 Å². The van der Waals surface area contributed by atoms with E-state index in [1.807, 2.05) is 24.0 Å². The molecular weight excluding hydrogens is 286 g/mol. The van der Waals surface area contributed by atoms with Crippen LogP contribution in [0.15, 0.2) is 24.3 Å². The average Bonchev–Trinajstić information content (AvgIpc) is 3.39. The highest BCUT2D eigenvalue weighted by atomic mass is 16.2. The number of hydrogen-bond donors (Lipinski definition) is 0. The van der Waals surface area contributed by atoms with E-state index < -0.39 is 0 Å². The van der Waals surface area contributed by atoms with Crippen molar-refractivity contribution in [3.63, 3.8) is 0 Å². The Hall–Kier alpha value is -1.94.